The van der Waals surface area contributed by atoms with Crippen molar-refractivity contribution in [2.24, 2.45) is 5.10 Å². The summed E-state index contributed by atoms with van der Waals surface area (Å²) < 4.78 is 23.2. The van der Waals surface area contributed by atoms with Gasteiger partial charge in [-0.3, -0.25) is 10.0 Å². The number of benzene rings is 1. The highest BCUT2D eigenvalue weighted by Gasteiger charge is 2.53. The van der Waals surface area contributed by atoms with Crippen LogP contribution in [0.3, 0.4) is 0 Å². The van der Waals surface area contributed by atoms with Crippen molar-refractivity contribution in [2.75, 3.05) is 13.3 Å². The van der Waals surface area contributed by atoms with Crippen molar-refractivity contribution in [3.8, 4) is 0 Å². The van der Waals surface area contributed by atoms with E-state index < -0.39 is 27.4 Å². The third-order valence-corrected chi connectivity index (χ3v) is 5.21. The second kappa shape index (κ2) is 5.72. The highest BCUT2D eigenvalue weighted by atomic mass is 35.5. The van der Waals surface area contributed by atoms with Gasteiger partial charge in [0.05, 0.1) is 9.92 Å². The Kier molecular flexibility index (Phi) is 4.33. The molecule has 2 rings (SSSR count). The second-order valence-electron chi connectivity index (χ2n) is 5.36. The van der Waals surface area contributed by atoms with Crippen LogP contribution < -0.4 is 0 Å². The molecule has 1 aliphatic heterocycles. The zero-order valence-corrected chi connectivity index (χ0v) is 14.5. The van der Waals surface area contributed by atoms with Gasteiger partial charge in [0.1, 0.15) is 5.71 Å². The average Bonchev–Trinajstić information content (AvgIpc) is 2.70. The number of hydrazone groups is 1. The van der Waals surface area contributed by atoms with E-state index in [2.05, 4.69) is 5.10 Å². The smallest absolute Gasteiger partial charge is 0.432 e. The van der Waals surface area contributed by atoms with Crippen molar-refractivity contribution in [3.63, 3.8) is 0 Å². The normalized spacial score (nSPS) is 21.0. The fourth-order valence-electron chi connectivity index (χ4n) is 2.38. The molecule has 11 heteroatoms. The molecular weight excluding hydrogens is 362 g/mol. The van der Waals surface area contributed by atoms with Crippen LogP contribution in [0.5, 0.6) is 0 Å². The number of carbonyl (C=O) groups is 2. The number of hydrogen-bond acceptors (Lipinski definition) is 6. The maximum absolute atomic E-state index is 12.3. The van der Waals surface area contributed by atoms with Crippen LogP contribution in [-0.2, 0) is 14.6 Å². The highest BCUT2D eigenvalue weighted by Crippen LogP contribution is 2.31. The van der Waals surface area contributed by atoms with Gasteiger partial charge >= 0.3 is 6.09 Å². The van der Waals surface area contributed by atoms with E-state index in [0.717, 1.165) is 11.3 Å². The Labute approximate surface area is 142 Å². The number of rotatable bonds is 3. The number of carboxylic acid groups (broad SMARTS) is 1. The molecule has 1 aliphatic rings. The molecule has 0 spiro atoms. The summed E-state index contributed by atoms with van der Waals surface area (Å²) in [5.41, 5.74) is -1.87. The van der Waals surface area contributed by atoms with E-state index in [4.69, 9.17) is 16.7 Å². The molecule has 0 aliphatic carbocycles. The van der Waals surface area contributed by atoms with Gasteiger partial charge in [-0.25, -0.2) is 18.2 Å². The van der Waals surface area contributed by atoms with Crippen LogP contribution in [0, 0.1) is 0 Å². The Morgan fingerprint density at radius 3 is 2.46 bits per heavy atom. The zero-order chi connectivity index (χ0) is 18.4. The Hall–Kier alpha value is -2.17. The van der Waals surface area contributed by atoms with Crippen LogP contribution in [0.25, 0.3) is 0 Å². The average molecular weight is 376 g/mol. The number of sulfone groups is 1. The fourth-order valence-corrected chi connectivity index (χ4v) is 3.71. The number of halogens is 1. The lowest BCUT2D eigenvalue weighted by atomic mass is 9.90. The largest absolute Gasteiger partial charge is 0.463 e. The van der Waals surface area contributed by atoms with E-state index in [1.807, 2.05) is 0 Å². The molecule has 0 fully saturated rings. The fraction of sp³-hybridized carbons (Fsp3) is 0.308. The molecule has 2 N–H and O–H groups in total. The van der Waals surface area contributed by atoms with Crippen LogP contribution in [0.15, 0.2) is 28.2 Å². The van der Waals surface area contributed by atoms with Crippen LogP contribution in [0.1, 0.15) is 12.5 Å². The predicted octanol–water partition coefficient (Wildman–Crippen LogP) is 1.05. The van der Waals surface area contributed by atoms with Gasteiger partial charge in [0, 0.05) is 18.9 Å². The van der Waals surface area contributed by atoms with E-state index in [1.54, 1.807) is 0 Å². The molecule has 0 saturated heterocycles. The first-order valence-corrected chi connectivity index (χ1v) is 8.77. The third kappa shape index (κ3) is 2.72. The minimum absolute atomic E-state index is 0.0816. The standard InChI is InChI=1S/C13H14ClN3O6S/c1-13(17(21)12(19)20)10(15-16(2)11(13)18)7-4-5-9(8(14)6-7)24(3,22)23/h4-6,21H,1-3H3,(H,19,20). The van der Waals surface area contributed by atoms with E-state index in [9.17, 15) is 23.2 Å². The molecular formula is C13H14ClN3O6S. The van der Waals surface area contributed by atoms with Crippen molar-refractivity contribution in [1.29, 1.82) is 0 Å². The van der Waals surface area contributed by atoms with Crippen LogP contribution in [-0.4, -0.2) is 65.4 Å². The Balaban J connectivity index is 2.62. The molecule has 0 radical (unpaired) electrons. The van der Waals surface area contributed by atoms with Gasteiger partial charge in [-0.15, -0.1) is 0 Å². The maximum Gasteiger partial charge on any atom is 0.432 e. The van der Waals surface area contributed by atoms with Gasteiger partial charge in [0.15, 0.2) is 15.4 Å². The van der Waals surface area contributed by atoms with E-state index in [-0.39, 0.29) is 26.3 Å². The van der Waals surface area contributed by atoms with Gasteiger partial charge in [0.2, 0.25) is 0 Å². The second-order valence-corrected chi connectivity index (χ2v) is 7.75. The molecule has 0 aromatic heterocycles. The molecule has 1 aromatic rings. The molecule has 1 aromatic carbocycles. The Bertz CT molecular complexity index is 868. The van der Waals surface area contributed by atoms with E-state index >= 15 is 0 Å². The van der Waals surface area contributed by atoms with E-state index in [1.165, 1.54) is 32.2 Å². The first-order chi connectivity index (χ1) is 10.9. The van der Waals surface area contributed by atoms with Gasteiger partial charge in [-0.05, 0) is 19.1 Å². The lowest BCUT2D eigenvalue weighted by Gasteiger charge is -2.30. The summed E-state index contributed by atoms with van der Waals surface area (Å²) >= 11 is 5.98. The molecule has 1 atom stereocenters. The summed E-state index contributed by atoms with van der Waals surface area (Å²) in [6, 6.07) is 3.81. The quantitative estimate of drug-likeness (QED) is 0.600. The van der Waals surface area contributed by atoms with Crippen molar-refractivity contribution in [3.05, 3.63) is 28.8 Å². The monoisotopic (exact) mass is 375 g/mol. The van der Waals surface area contributed by atoms with Gasteiger partial charge in [-0.2, -0.15) is 10.2 Å². The van der Waals surface area contributed by atoms with Crippen molar-refractivity contribution in [1.82, 2.24) is 10.1 Å². The first kappa shape index (κ1) is 18.2. The van der Waals surface area contributed by atoms with Gasteiger partial charge in [0.25, 0.3) is 5.91 Å². The van der Waals surface area contributed by atoms with Crippen molar-refractivity contribution >= 4 is 39.2 Å². The minimum Gasteiger partial charge on any atom is -0.463 e. The van der Waals surface area contributed by atoms with Crippen molar-refractivity contribution in [2.45, 2.75) is 17.4 Å². The highest BCUT2D eigenvalue weighted by molar-refractivity contribution is 7.90. The van der Waals surface area contributed by atoms with Crippen LogP contribution >= 0.6 is 11.6 Å². The van der Waals surface area contributed by atoms with Crippen LogP contribution in [0.2, 0.25) is 5.02 Å². The molecule has 0 saturated carbocycles. The Morgan fingerprint density at radius 1 is 1.42 bits per heavy atom. The molecule has 130 valence electrons. The van der Waals surface area contributed by atoms with Gasteiger partial charge < -0.3 is 5.11 Å². The summed E-state index contributed by atoms with van der Waals surface area (Å²) in [6.07, 6.45) is -0.754. The summed E-state index contributed by atoms with van der Waals surface area (Å²) in [5, 5.41) is 23.5. The third-order valence-electron chi connectivity index (χ3n) is 3.63. The number of hydrogen-bond donors (Lipinski definition) is 2. The topological polar surface area (TPSA) is 128 Å². The number of nitrogens with zero attached hydrogens (tertiary/aromatic N) is 3. The molecule has 9 nitrogen and oxygen atoms in total. The number of amides is 2. The van der Waals surface area contributed by atoms with Gasteiger partial charge in [-0.1, -0.05) is 17.7 Å². The van der Waals surface area contributed by atoms with Crippen LogP contribution in [0.4, 0.5) is 4.79 Å². The number of carbonyl (C=O) groups excluding carboxylic acids is 1. The predicted molar refractivity (Wildman–Crippen MR) is 83.9 cm³/mol. The minimum atomic E-state index is -3.56. The number of likely N-dealkylation sites (N-methyl/N-ethyl adjacent to an activating group) is 1. The molecule has 24 heavy (non-hydrogen) atoms. The summed E-state index contributed by atoms with van der Waals surface area (Å²) in [5.74, 6) is -0.772. The molecule has 1 unspecified atom stereocenters. The summed E-state index contributed by atoms with van der Waals surface area (Å²) in [6.45, 7) is 1.18. The Morgan fingerprint density at radius 2 is 2.00 bits per heavy atom. The van der Waals surface area contributed by atoms with Crippen molar-refractivity contribution < 1.29 is 28.3 Å². The lowest BCUT2D eigenvalue weighted by Crippen LogP contribution is -2.58. The first-order valence-electron chi connectivity index (χ1n) is 6.50. The lowest BCUT2D eigenvalue weighted by molar-refractivity contribution is -0.155. The zero-order valence-electron chi connectivity index (χ0n) is 12.9. The van der Waals surface area contributed by atoms with E-state index in [0.29, 0.717) is 0 Å². The molecule has 0 bridgehead atoms. The summed E-state index contributed by atoms with van der Waals surface area (Å²) in [4.78, 5) is 23.3. The molecule has 2 amide bonds. The summed E-state index contributed by atoms with van der Waals surface area (Å²) in [7, 11) is -2.26. The SMILES string of the molecule is CN1N=C(c2ccc(S(C)(=O)=O)c(Cl)c2)C(C)(N(O)C(=O)O)C1=O. The molecule has 1 heterocycles. The maximum atomic E-state index is 12.3. The number of hydroxylamine groups is 2.